The molecule has 3 aromatic rings. The van der Waals surface area contributed by atoms with Gasteiger partial charge in [0.25, 0.3) is 0 Å². The van der Waals surface area contributed by atoms with Crippen molar-refractivity contribution in [1.82, 2.24) is 5.43 Å². The monoisotopic (exact) mass is 584 g/mol. The lowest BCUT2D eigenvalue weighted by Crippen LogP contribution is -2.19. The van der Waals surface area contributed by atoms with E-state index in [0.29, 0.717) is 22.1 Å². The summed E-state index contributed by atoms with van der Waals surface area (Å²) in [6.07, 6.45) is 1.52. The molecule has 1 N–H and O–H groups in total. The fourth-order valence-electron chi connectivity index (χ4n) is 2.61. The average molecular weight is 585 g/mol. The van der Waals surface area contributed by atoms with Crippen LogP contribution in [0.5, 0.6) is 11.5 Å². The zero-order chi connectivity index (χ0) is 22.9. The van der Waals surface area contributed by atoms with E-state index in [4.69, 9.17) is 21.1 Å². The van der Waals surface area contributed by atoms with Crippen LogP contribution in [0, 0.1) is 9.39 Å². The summed E-state index contributed by atoms with van der Waals surface area (Å²) in [7, 11) is 1.53. The Kier molecular flexibility index (Phi) is 9.19. The van der Waals surface area contributed by atoms with E-state index >= 15 is 0 Å². The number of methoxy groups -OCH3 is 1. The number of benzene rings is 3. The molecule has 0 spiro atoms. The molecule has 3 rings (SSSR count). The van der Waals surface area contributed by atoms with E-state index in [2.05, 4.69) is 33.1 Å². The standard InChI is InChI=1S/C23H19ClFIN2O3S/c1-30-21-11-15(10-20(26)23(21)31-13-16-4-2-3-5-19(16)25)12-27-28-22(29)14-32-18-8-6-17(24)7-9-18/h2-12H,13-14H2,1H3,(H,28,29)/b27-12-. The number of halogens is 3. The number of amides is 1. The van der Waals surface area contributed by atoms with Crippen molar-refractivity contribution in [2.75, 3.05) is 12.9 Å². The molecule has 0 saturated carbocycles. The second-order valence-electron chi connectivity index (χ2n) is 6.45. The Morgan fingerprint density at radius 1 is 1.22 bits per heavy atom. The Hall–Kier alpha value is -2.30. The lowest BCUT2D eigenvalue weighted by Gasteiger charge is -2.14. The van der Waals surface area contributed by atoms with Crippen LogP contribution >= 0.6 is 46.0 Å². The molecule has 0 heterocycles. The molecular weight excluding hydrogens is 566 g/mol. The van der Waals surface area contributed by atoms with Gasteiger partial charge in [-0.1, -0.05) is 29.8 Å². The van der Waals surface area contributed by atoms with Gasteiger partial charge in [-0.25, -0.2) is 9.82 Å². The molecule has 1 amide bonds. The summed E-state index contributed by atoms with van der Waals surface area (Å²) in [6.45, 7) is 0.0772. The maximum atomic E-state index is 13.8. The van der Waals surface area contributed by atoms with Crippen molar-refractivity contribution >= 4 is 58.1 Å². The Morgan fingerprint density at radius 3 is 2.69 bits per heavy atom. The molecule has 32 heavy (non-hydrogen) atoms. The summed E-state index contributed by atoms with van der Waals surface area (Å²) in [5, 5.41) is 4.66. The molecular formula is C23H19ClFIN2O3S. The summed E-state index contributed by atoms with van der Waals surface area (Å²) >= 11 is 9.36. The van der Waals surface area contributed by atoms with Gasteiger partial charge in [0.05, 0.1) is 22.6 Å². The number of carbonyl (C=O) groups excluding carboxylic acids is 1. The van der Waals surface area contributed by atoms with Gasteiger partial charge in [0.15, 0.2) is 11.5 Å². The fourth-order valence-corrected chi connectivity index (χ4v) is 4.21. The zero-order valence-electron chi connectivity index (χ0n) is 17.0. The van der Waals surface area contributed by atoms with Gasteiger partial charge in [-0.2, -0.15) is 5.10 Å². The second-order valence-corrected chi connectivity index (χ2v) is 9.10. The number of hydrogen-bond donors (Lipinski definition) is 1. The van der Waals surface area contributed by atoms with Crippen molar-refractivity contribution < 1.29 is 18.7 Å². The Labute approximate surface area is 208 Å². The van der Waals surface area contributed by atoms with Crippen molar-refractivity contribution in [1.29, 1.82) is 0 Å². The molecule has 0 bridgehead atoms. The molecule has 0 aliphatic rings. The van der Waals surface area contributed by atoms with Gasteiger partial charge in [0, 0.05) is 15.5 Å². The third kappa shape index (κ3) is 7.11. The van der Waals surface area contributed by atoms with Crippen molar-refractivity contribution in [2.24, 2.45) is 5.10 Å². The molecule has 9 heteroatoms. The van der Waals surface area contributed by atoms with Crippen LogP contribution in [0.1, 0.15) is 11.1 Å². The molecule has 166 valence electrons. The van der Waals surface area contributed by atoms with Gasteiger partial charge in [-0.15, -0.1) is 11.8 Å². The highest BCUT2D eigenvalue weighted by Crippen LogP contribution is 2.34. The van der Waals surface area contributed by atoms with Crippen molar-refractivity contribution in [2.45, 2.75) is 11.5 Å². The van der Waals surface area contributed by atoms with Crippen molar-refractivity contribution in [3.05, 3.63) is 86.2 Å². The number of hydrogen-bond acceptors (Lipinski definition) is 5. The lowest BCUT2D eigenvalue weighted by molar-refractivity contribution is -0.118. The molecule has 0 aliphatic carbocycles. The second kappa shape index (κ2) is 12.1. The highest BCUT2D eigenvalue weighted by atomic mass is 127. The van der Waals surface area contributed by atoms with E-state index in [0.717, 1.165) is 14.0 Å². The van der Waals surface area contributed by atoms with Gasteiger partial charge in [0.1, 0.15) is 12.4 Å². The highest BCUT2D eigenvalue weighted by Gasteiger charge is 2.12. The maximum absolute atomic E-state index is 13.8. The summed E-state index contributed by atoms with van der Waals surface area (Å²) in [4.78, 5) is 13.0. The van der Waals surface area contributed by atoms with E-state index in [1.807, 2.05) is 18.2 Å². The molecule has 0 atom stereocenters. The summed E-state index contributed by atoms with van der Waals surface area (Å²) in [5.41, 5.74) is 3.68. The highest BCUT2D eigenvalue weighted by molar-refractivity contribution is 14.1. The Balaban J connectivity index is 1.58. The van der Waals surface area contributed by atoms with E-state index in [9.17, 15) is 9.18 Å². The van der Waals surface area contributed by atoms with E-state index < -0.39 is 0 Å². The Bertz CT molecular complexity index is 1110. The minimum atomic E-state index is -0.324. The number of nitrogens with one attached hydrogen (secondary N) is 1. The van der Waals surface area contributed by atoms with Crippen LogP contribution in [0.3, 0.4) is 0 Å². The quantitative estimate of drug-likeness (QED) is 0.147. The van der Waals surface area contributed by atoms with E-state index in [1.54, 1.807) is 36.4 Å². The molecule has 5 nitrogen and oxygen atoms in total. The summed E-state index contributed by atoms with van der Waals surface area (Å²) < 4.78 is 25.8. The number of carbonyl (C=O) groups is 1. The number of hydrazone groups is 1. The van der Waals surface area contributed by atoms with Crippen LogP contribution in [0.15, 0.2) is 70.7 Å². The fraction of sp³-hybridized carbons (Fsp3) is 0.130. The van der Waals surface area contributed by atoms with Crippen molar-refractivity contribution in [3.8, 4) is 11.5 Å². The maximum Gasteiger partial charge on any atom is 0.250 e. The van der Waals surface area contributed by atoms with Crippen LogP contribution in [0.2, 0.25) is 5.02 Å². The van der Waals surface area contributed by atoms with E-state index in [1.165, 1.54) is 31.2 Å². The van der Waals surface area contributed by atoms with Crippen LogP contribution in [-0.4, -0.2) is 25.0 Å². The van der Waals surface area contributed by atoms with Gasteiger partial charge < -0.3 is 9.47 Å². The molecule has 0 aromatic heterocycles. The predicted octanol–water partition coefficient (Wildman–Crippen LogP) is 5.91. The van der Waals surface area contributed by atoms with Crippen LogP contribution in [0.25, 0.3) is 0 Å². The first-order valence-corrected chi connectivity index (χ1v) is 11.8. The minimum Gasteiger partial charge on any atom is -0.493 e. The number of rotatable bonds is 9. The minimum absolute atomic E-state index is 0.0772. The molecule has 0 aliphatic heterocycles. The van der Waals surface area contributed by atoms with Crippen LogP contribution in [0.4, 0.5) is 4.39 Å². The van der Waals surface area contributed by atoms with Crippen molar-refractivity contribution in [3.63, 3.8) is 0 Å². The third-order valence-corrected chi connectivity index (χ3v) is 6.23. The van der Waals surface area contributed by atoms with Gasteiger partial charge in [0.2, 0.25) is 5.91 Å². The number of nitrogens with zero attached hydrogens (tertiary/aromatic N) is 1. The predicted molar refractivity (Wildman–Crippen MR) is 134 cm³/mol. The molecule has 0 radical (unpaired) electrons. The van der Waals surface area contributed by atoms with Gasteiger partial charge >= 0.3 is 0 Å². The summed E-state index contributed by atoms with van der Waals surface area (Å²) in [5.74, 6) is 0.668. The molecule has 0 unspecified atom stereocenters. The van der Waals surface area contributed by atoms with E-state index in [-0.39, 0.29) is 24.1 Å². The zero-order valence-corrected chi connectivity index (χ0v) is 20.7. The lowest BCUT2D eigenvalue weighted by atomic mass is 10.2. The normalized spacial score (nSPS) is 10.9. The number of thioether (sulfide) groups is 1. The first kappa shape index (κ1) is 24.3. The molecule has 0 saturated heterocycles. The summed E-state index contributed by atoms with van der Waals surface area (Å²) in [6, 6.07) is 17.3. The van der Waals surface area contributed by atoms with Gasteiger partial charge in [-0.05, 0) is 70.6 Å². The number of ether oxygens (including phenoxy) is 2. The SMILES string of the molecule is COc1cc(/C=N\NC(=O)CSc2ccc(Cl)cc2)cc(I)c1OCc1ccccc1F. The van der Waals surface area contributed by atoms with Gasteiger partial charge in [-0.3, -0.25) is 4.79 Å². The largest absolute Gasteiger partial charge is 0.493 e. The smallest absolute Gasteiger partial charge is 0.250 e. The first-order valence-electron chi connectivity index (χ1n) is 9.40. The van der Waals surface area contributed by atoms with Crippen LogP contribution in [-0.2, 0) is 11.4 Å². The Morgan fingerprint density at radius 2 is 1.97 bits per heavy atom. The van der Waals surface area contributed by atoms with Crippen LogP contribution < -0.4 is 14.9 Å². The third-order valence-electron chi connectivity index (χ3n) is 4.17. The first-order chi connectivity index (χ1) is 15.5. The topological polar surface area (TPSA) is 59.9 Å². The average Bonchev–Trinajstić information content (AvgIpc) is 2.78. The molecule has 0 fully saturated rings. The molecule has 3 aromatic carbocycles.